The van der Waals surface area contributed by atoms with Gasteiger partial charge in [-0.15, -0.1) is 0 Å². The molecule has 1 heterocycles. The standard InChI is InChI=1S/C19H37N3O5S/c23-18(24)20-11-5-1-2-6-12-21-28(25,26)19(8-3-4-9-19)10-7-13-22-14-16-27-17-15-22/h20-21H,1-17H2,(H,23,24). The molecule has 9 heteroatoms. The van der Waals surface area contributed by atoms with Gasteiger partial charge in [-0.05, 0) is 45.1 Å². The van der Waals surface area contributed by atoms with Gasteiger partial charge in [0.2, 0.25) is 10.0 Å². The summed E-state index contributed by atoms with van der Waals surface area (Å²) < 4.78 is 33.7. The molecule has 1 saturated heterocycles. The Morgan fingerprint density at radius 2 is 1.64 bits per heavy atom. The van der Waals surface area contributed by atoms with Gasteiger partial charge in [0, 0.05) is 26.2 Å². The molecular formula is C19H37N3O5S. The molecule has 28 heavy (non-hydrogen) atoms. The van der Waals surface area contributed by atoms with Crippen molar-refractivity contribution >= 4 is 16.1 Å². The molecule has 2 fully saturated rings. The van der Waals surface area contributed by atoms with Crippen LogP contribution in [0.15, 0.2) is 0 Å². The second-order valence-electron chi connectivity index (χ2n) is 7.99. The fourth-order valence-electron chi connectivity index (χ4n) is 4.28. The van der Waals surface area contributed by atoms with Crippen LogP contribution in [0.2, 0.25) is 0 Å². The maximum atomic E-state index is 13.0. The van der Waals surface area contributed by atoms with Crippen LogP contribution in [-0.4, -0.2) is 75.2 Å². The van der Waals surface area contributed by atoms with Crippen molar-refractivity contribution in [1.82, 2.24) is 14.9 Å². The van der Waals surface area contributed by atoms with Crippen LogP contribution in [0.25, 0.3) is 0 Å². The number of hydrogen-bond acceptors (Lipinski definition) is 5. The lowest BCUT2D eigenvalue weighted by Gasteiger charge is -2.31. The first-order chi connectivity index (χ1) is 13.5. The summed E-state index contributed by atoms with van der Waals surface area (Å²) in [6, 6.07) is 0. The zero-order valence-electron chi connectivity index (χ0n) is 17.0. The number of amides is 1. The van der Waals surface area contributed by atoms with E-state index >= 15 is 0 Å². The Morgan fingerprint density at radius 1 is 1.00 bits per heavy atom. The average Bonchev–Trinajstić information content (AvgIpc) is 3.15. The van der Waals surface area contributed by atoms with Crippen molar-refractivity contribution in [3.05, 3.63) is 0 Å². The van der Waals surface area contributed by atoms with E-state index in [0.717, 1.165) is 97.1 Å². The molecular weight excluding hydrogens is 382 g/mol. The number of nitrogens with one attached hydrogen (secondary N) is 2. The van der Waals surface area contributed by atoms with Crippen LogP contribution < -0.4 is 10.0 Å². The Kier molecular flexibility index (Phi) is 9.98. The van der Waals surface area contributed by atoms with Gasteiger partial charge in [-0.25, -0.2) is 17.9 Å². The smallest absolute Gasteiger partial charge is 0.404 e. The number of morpholine rings is 1. The van der Waals surface area contributed by atoms with Crippen LogP contribution in [0, 0.1) is 0 Å². The molecule has 164 valence electrons. The van der Waals surface area contributed by atoms with Gasteiger partial charge in [0.1, 0.15) is 0 Å². The minimum absolute atomic E-state index is 0.452. The second-order valence-corrected chi connectivity index (χ2v) is 10.2. The molecule has 0 aromatic rings. The molecule has 0 spiro atoms. The van der Waals surface area contributed by atoms with Crippen LogP contribution in [0.5, 0.6) is 0 Å². The van der Waals surface area contributed by atoms with Crippen molar-refractivity contribution < 1.29 is 23.1 Å². The highest BCUT2D eigenvalue weighted by molar-refractivity contribution is 7.90. The second kappa shape index (κ2) is 11.9. The predicted octanol–water partition coefficient (Wildman–Crippen LogP) is 2.16. The van der Waals surface area contributed by atoms with Crippen LogP contribution >= 0.6 is 0 Å². The number of hydrogen-bond donors (Lipinski definition) is 3. The van der Waals surface area contributed by atoms with E-state index in [1.807, 2.05) is 0 Å². The summed E-state index contributed by atoms with van der Waals surface area (Å²) in [5.41, 5.74) is 0. The molecule has 8 nitrogen and oxygen atoms in total. The van der Waals surface area contributed by atoms with Gasteiger partial charge in [0.15, 0.2) is 0 Å². The molecule has 0 aromatic carbocycles. The first-order valence-electron chi connectivity index (χ1n) is 10.7. The van der Waals surface area contributed by atoms with Crippen LogP contribution in [0.3, 0.4) is 0 Å². The highest BCUT2D eigenvalue weighted by Crippen LogP contribution is 2.40. The Morgan fingerprint density at radius 3 is 2.29 bits per heavy atom. The topological polar surface area (TPSA) is 108 Å². The largest absolute Gasteiger partial charge is 0.465 e. The lowest BCUT2D eigenvalue weighted by atomic mass is 10.0. The van der Waals surface area contributed by atoms with Crippen LogP contribution in [-0.2, 0) is 14.8 Å². The van der Waals surface area contributed by atoms with Gasteiger partial charge in [-0.2, -0.15) is 0 Å². The fourth-order valence-corrected chi connectivity index (χ4v) is 6.24. The van der Waals surface area contributed by atoms with E-state index in [4.69, 9.17) is 9.84 Å². The van der Waals surface area contributed by atoms with Crippen molar-refractivity contribution in [1.29, 1.82) is 0 Å². The van der Waals surface area contributed by atoms with Gasteiger partial charge >= 0.3 is 6.09 Å². The van der Waals surface area contributed by atoms with Crippen molar-refractivity contribution in [2.24, 2.45) is 0 Å². The van der Waals surface area contributed by atoms with Gasteiger partial charge in [0.25, 0.3) is 0 Å². The SMILES string of the molecule is O=C(O)NCCCCCCNS(=O)(=O)C1(CCCN2CCOCC2)CCCC1. The van der Waals surface area contributed by atoms with E-state index in [1.54, 1.807) is 0 Å². The van der Waals surface area contributed by atoms with Crippen LogP contribution in [0.1, 0.15) is 64.2 Å². The average molecular weight is 420 g/mol. The van der Waals surface area contributed by atoms with E-state index in [-0.39, 0.29) is 0 Å². The number of rotatable bonds is 13. The molecule has 1 aliphatic heterocycles. The number of unbranched alkanes of at least 4 members (excludes halogenated alkanes) is 3. The zero-order chi connectivity index (χ0) is 20.3. The van der Waals surface area contributed by atoms with Gasteiger partial charge in [-0.3, -0.25) is 4.90 Å². The summed E-state index contributed by atoms with van der Waals surface area (Å²) in [6.45, 7) is 5.31. The summed E-state index contributed by atoms with van der Waals surface area (Å²) >= 11 is 0. The van der Waals surface area contributed by atoms with Crippen molar-refractivity contribution in [3.8, 4) is 0 Å². The summed E-state index contributed by atoms with van der Waals surface area (Å²) in [7, 11) is -3.32. The minimum Gasteiger partial charge on any atom is -0.465 e. The third-order valence-corrected chi connectivity index (χ3v) is 8.30. The maximum absolute atomic E-state index is 13.0. The van der Waals surface area contributed by atoms with Crippen molar-refractivity contribution in [2.45, 2.75) is 69.0 Å². The molecule has 3 N–H and O–H groups in total. The van der Waals surface area contributed by atoms with E-state index in [1.165, 1.54) is 0 Å². The maximum Gasteiger partial charge on any atom is 0.404 e. The molecule has 1 amide bonds. The molecule has 0 atom stereocenters. The molecule has 0 bridgehead atoms. The molecule has 0 radical (unpaired) electrons. The molecule has 0 unspecified atom stereocenters. The van der Waals surface area contributed by atoms with E-state index in [9.17, 15) is 13.2 Å². The summed E-state index contributed by atoms with van der Waals surface area (Å²) in [5.74, 6) is 0. The van der Waals surface area contributed by atoms with Crippen molar-refractivity contribution in [3.63, 3.8) is 0 Å². The van der Waals surface area contributed by atoms with Gasteiger partial charge < -0.3 is 15.2 Å². The van der Waals surface area contributed by atoms with E-state index in [0.29, 0.717) is 13.1 Å². The van der Waals surface area contributed by atoms with Crippen molar-refractivity contribution in [2.75, 3.05) is 45.9 Å². The Balaban J connectivity index is 1.69. The molecule has 0 aromatic heterocycles. The minimum atomic E-state index is -3.32. The highest BCUT2D eigenvalue weighted by Gasteiger charge is 2.45. The van der Waals surface area contributed by atoms with Gasteiger partial charge in [-0.1, -0.05) is 25.7 Å². The third kappa shape index (κ3) is 7.50. The Bertz CT molecular complexity index is 558. The zero-order valence-corrected chi connectivity index (χ0v) is 17.8. The monoisotopic (exact) mass is 419 g/mol. The third-order valence-electron chi connectivity index (χ3n) is 5.97. The van der Waals surface area contributed by atoms with Crippen LogP contribution in [0.4, 0.5) is 4.79 Å². The molecule has 2 aliphatic rings. The number of nitrogens with zero attached hydrogens (tertiary/aromatic N) is 1. The van der Waals surface area contributed by atoms with E-state index in [2.05, 4.69) is 14.9 Å². The number of ether oxygens (including phenoxy) is 1. The fraction of sp³-hybridized carbons (Fsp3) is 0.947. The normalized spacial score (nSPS) is 20.3. The summed E-state index contributed by atoms with van der Waals surface area (Å²) in [4.78, 5) is 12.7. The molecule has 1 saturated carbocycles. The lowest BCUT2D eigenvalue weighted by molar-refractivity contribution is 0.0368. The summed E-state index contributed by atoms with van der Waals surface area (Å²) in [6.07, 6.45) is 7.55. The highest BCUT2D eigenvalue weighted by atomic mass is 32.2. The summed E-state index contributed by atoms with van der Waals surface area (Å²) in [5, 5.41) is 10.9. The quantitative estimate of drug-likeness (QED) is 0.395. The molecule has 1 aliphatic carbocycles. The Labute approximate surface area is 169 Å². The Hall–Kier alpha value is -0.900. The van der Waals surface area contributed by atoms with Gasteiger partial charge in [0.05, 0.1) is 18.0 Å². The number of carbonyl (C=O) groups is 1. The first kappa shape index (κ1) is 23.4. The first-order valence-corrected chi connectivity index (χ1v) is 12.2. The number of carboxylic acid groups (broad SMARTS) is 1. The molecule has 2 rings (SSSR count). The lowest BCUT2D eigenvalue weighted by Crippen LogP contribution is -2.45. The number of sulfonamides is 1. The van der Waals surface area contributed by atoms with E-state index < -0.39 is 20.9 Å². The predicted molar refractivity (Wildman–Crippen MR) is 109 cm³/mol.